The number of carbonyl (C=O) groups excluding carboxylic acids is 1. The van der Waals surface area contributed by atoms with E-state index >= 15 is 0 Å². The first-order valence-electron chi connectivity index (χ1n) is 8.52. The summed E-state index contributed by atoms with van der Waals surface area (Å²) in [6, 6.07) is 10.6. The minimum absolute atomic E-state index is 0. The standard InChI is InChI=1S/C18H29N5O.HI/c1-19-18(20-10-9-17(24)21(2)3)23-13-11-22(12-14-23)15-16-7-5-4-6-8-16;/h4-8H,9-15H2,1-3H3,(H,19,20);1H. The fourth-order valence-corrected chi connectivity index (χ4v) is 2.80. The summed E-state index contributed by atoms with van der Waals surface area (Å²) >= 11 is 0. The molecule has 0 atom stereocenters. The number of rotatable bonds is 5. The number of benzene rings is 1. The lowest BCUT2D eigenvalue weighted by Gasteiger charge is -2.36. The van der Waals surface area contributed by atoms with Gasteiger partial charge in [-0.15, -0.1) is 24.0 Å². The number of aliphatic imine (C=N–C) groups is 1. The van der Waals surface area contributed by atoms with Crippen LogP contribution in [0.15, 0.2) is 35.3 Å². The normalized spacial score (nSPS) is 15.5. The Balaban J connectivity index is 0.00000312. The number of nitrogens with one attached hydrogen (secondary N) is 1. The molecule has 1 saturated heterocycles. The van der Waals surface area contributed by atoms with Gasteiger partial charge in [-0.25, -0.2) is 0 Å². The Morgan fingerprint density at radius 2 is 1.80 bits per heavy atom. The summed E-state index contributed by atoms with van der Waals surface area (Å²) in [6.45, 7) is 5.56. The highest BCUT2D eigenvalue weighted by Crippen LogP contribution is 2.08. The first kappa shape index (κ1) is 21.7. The zero-order valence-electron chi connectivity index (χ0n) is 15.4. The number of halogens is 1. The van der Waals surface area contributed by atoms with Crippen molar-refractivity contribution in [2.45, 2.75) is 13.0 Å². The molecular weight excluding hydrogens is 429 g/mol. The molecule has 1 aromatic carbocycles. The molecule has 0 spiro atoms. The third-order valence-corrected chi connectivity index (χ3v) is 4.25. The summed E-state index contributed by atoms with van der Waals surface area (Å²) < 4.78 is 0. The SMILES string of the molecule is CN=C(NCCC(=O)N(C)C)N1CCN(Cc2ccccc2)CC1.I. The van der Waals surface area contributed by atoms with Gasteiger partial charge in [0.15, 0.2) is 5.96 Å². The van der Waals surface area contributed by atoms with Crippen molar-refractivity contribution < 1.29 is 4.79 Å². The van der Waals surface area contributed by atoms with E-state index in [1.807, 2.05) is 0 Å². The van der Waals surface area contributed by atoms with Crippen LogP contribution in [0.25, 0.3) is 0 Å². The summed E-state index contributed by atoms with van der Waals surface area (Å²) in [5, 5.41) is 3.30. The Morgan fingerprint density at radius 3 is 2.36 bits per heavy atom. The lowest BCUT2D eigenvalue weighted by molar-refractivity contribution is -0.128. The largest absolute Gasteiger partial charge is 0.356 e. The van der Waals surface area contributed by atoms with Gasteiger partial charge in [-0.1, -0.05) is 30.3 Å². The molecule has 1 fully saturated rings. The molecule has 1 heterocycles. The topological polar surface area (TPSA) is 51.2 Å². The number of nitrogens with zero attached hydrogens (tertiary/aromatic N) is 4. The van der Waals surface area contributed by atoms with Gasteiger partial charge in [0.1, 0.15) is 0 Å². The van der Waals surface area contributed by atoms with Crippen LogP contribution < -0.4 is 5.32 Å². The van der Waals surface area contributed by atoms with Crippen LogP contribution in [-0.4, -0.2) is 80.4 Å². The molecule has 1 aliphatic rings. The van der Waals surface area contributed by atoms with E-state index in [-0.39, 0.29) is 29.9 Å². The average molecular weight is 459 g/mol. The van der Waals surface area contributed by atoms with Crippen LogP contribution in [0, 0.1) is 0 Å². The van der Waals surface area contributed by atoms with Crippen molar-refractivity contribution in [3.05, 3.63) is 35.9 Å². The lowest BCUT2D eigenvalue weighted by Crippen LogP contribution is -2.52. The van der Waals surface area contributed by atoms with Gasteiger partial charge in [0, 0.05) is 66.8 Å². The molecule has 0 aromatic heterocycles. The van der Waals surface area contributed by atoms with Gasteiger partial charge in [-0.2, -0.15) is 0 Å². The van der Waals surface area contributed by atoms with E-state index in [2.05, 4.69) is 50.4 Å². The van der Waals surface area contributed by atoms with Gasteiger partial charge < -0.3 is 15.1 Å². The maximum atomic E-state index is 11.6. The predicted octanol–water partition coefficient (Wildman–Crippen LogP) is 1.48. The van der Waals surface area contributed by atoms with E-state index < -0.39 is 0 Å². The maximum Gasteiger partial charge on any atom is 0.223 e. The van der Waals surface area contributed by atoms with E-state index in [1.165, 1.54) is 5.56 Å². The van der Waals surface area contributed by atoms with Gasteiger partial charge in [0.2, 0.25) is 5.91 Å². The van der Waals surface area contributed by atoms with Crippen molar-refractivity contribution in [2.24, 2.45) is 4.99 Å². The van der Waals surface area contributed by atoms with Crippen LogP contribution in [-0.2, 0) is 11.3 Å². The summed E-state index contributed by atoms with van der Waals surface area (Å²) in [5.41, 5.74) is 1.36. The van der Waals surface area contributed by atoms with Gasteiger partial charge in [-0.05, 0) is 5.56 Å². The van der Waals surface area contributed by atoms with Gasteiger partial charge in [0.25, 0.3) is 0 Å². The molecule has 2 rings (SSSR count). The number of amides is 1. The minimum Gasteiger partial charge on any atom is -0.356 e. The van der Waals surface area contributed by atoms with Crippen molar-refractivity contribution >= 4 is 35.8 Å². The molecule has 7 heteroatoms. The molecule has 0 radical (unpaired) electrons. The van der Waals surface area contributed by atoms with Crippen molar-refractivity contribution in [1.82, 2.24) is 20.0 Å². The second-order valence-corrected chi connectivity index (χ2v) is 6.26. The zero-order chi connectivity index (χ0) is 17.4. The van der Waals surface area contributed by atoms with Gasteiger partial charge >= 0.3 is 0 Å². The van der Waals surface area contributed by atoms with Crippen molar-refractivity contribution in [3.63, 3.8) is 0 Å². The molecule has 0 unspecified atom stereocenters. The third kappa shape index (κ3) is 7.19. The van der Waals surface area contributed by atoms with Crippen molar-refractivity contribution in [3.8, 4) is 0 Å². The Labute approximate surface area is 168 Å². The monoisotopic (exact) mass is 459 g/mol. The summed E-state index contributed by atoms with van der Waals surface area (Å²) in [4.78, 5) is 22.3. The Bertz CT molecular complexity index is 542. The number of carbonyl (C=O) groups is 1. The highest BCUT2D eigenvalue weighted by Gasteiger charge is 2.19. The van der Waals surface area contributed by atoms with Crippen LogP contribution in [0.5, 0.6) is 0 Å². The predicted molar refractivity (Wildman–Crippen MR) is 113 cm³/mol. The molecule has 0 saturated carbocycles. The molecule has 6 nitrogen and oxygen atoms in total. The smallest absolute Gasteiger partial charge is 0.223 e. The van der Waals surface area contributed by atoms with Crippen LogP contribution in [0.3, 0.4) is 0 Å². The van der Waals surface area contributed by atoms with Crippen molar-refractivity contribution in [2.75, 3.05) is 53.9 Å². The van der Waals surface area contributed by atoms with E-state index in [0.717, 1.165) is 38.7 Å². The van der Waals surface area contributed by atoms with E-state index in [9.17, 15) is 4.79 Å². The van der Waals surface area contributed by atoms with E-state index in [0.29, 0.717) is 13.0 Å². The lowest BCUT2D eigenvalue weighted by atomic mass is 10.2. The quantitative estimate of drug-likeness (QED) is 0.412. The summed E-state index contributed by atoms with van der Waals surface area (Å²) in [6.07, 6.45) is 0.486. The van der Waals surface area contributed by atoms with Crippen LogP contribution in [0.4, 0.5) is 0 Å². The second-order valence-electron chi connectivity index (χ2n) is 6.26. The van der Waals surface area contributed by atoms with Crippen LogP contribution in [0.2, 0.25) is 0 Å². The number of hydrogen-bond donors (Lipinski definition) is 1. The highest BCUT2D eigenvalue weighted by atomic mass is 127. The molecule has 1 aliphatic heterocycles. The molecule has 140 valence electrons. The maximum absolute atomic E-state index is 11.6. The van der Waals surface area contributed by atoms with Gasteiger partial charge in [-0.3, -0.25) is 14.7 Å². The average Bonchev–Trinajstić information content (AvgIpc) is 2.60. The first-order chi connectivity index (χ1) is 11.6. The number of piperazine rings is 1. The molecule has 1 amide bonds. The fraction of sp³-hybridized carbons (Fsp3) is 0.556. The van der Waals surface area contributed by atoms with Gasteiger partial charge in [0.05, 0.1) is 0 Å². The molecule has 0 bridgehead atoms. The third-order valence-electron chi connectivity index (χ3n) is 4.25. The second kappa shape index (κ2) is 11.3. The van der Waals surface area contributed by atoms with Crippen LogP contribution in [0.1, 0.15) is 12.0 Å². The molecule has 1 N–H and O–H groups in total. The Morgan fingerprint density at radius 1 is 1.16 bits per heavy atom. The van der Waals surface area contributed by atoms with Crippen LogP contribution >= 0.6 is 24.0 Å². The van der Waals surface area contributed by atoms with E-state index in [1.54, 1.807) is 26.0 Å². The molecular formula is C18H30IN5O. The minimum atomic E-state index is 0. The Hall–Kier alpha value is -1.35. The summed E-state index contributed by atoms with van der Waals surface area (Å²) in [7, 11) is 5.36. The number of hydrogen-bond acceptors (Lipinski definition) is 3. The summed E-state index contributed by atoms with van der Waals surface area (Å²) in [5.74, 6) is 1.02. The molecule has 25 heavy (non-hydrogen) atoms. The highest BCUT2D eigenvalue weighted by molar-refractivity contribution is 14.0. The molecule has 1 aromatic rings. The Kier molecular flexibility index (Phi) is 9.81. The van der Waals surface area contributed by atoms with Crippen molar-refractivity contribution in [1.29, 1.82) is 0 Å². The number of guanidine groups is 1. The zero-order valence-corrected chi connectivity index (χ0v) is 17.8. The first-order valence-corrected chi connectivity index (χ1v) is 8.52. The van der Waals surface area contributed by atoms with E-state index in [4.69, 9.17) is 0 Å². The fourth-order valence-electron chi connectivity index (χ4n) is 2.80. The molecule has 0 aliphatic carbocycles.